The van der Waals surface area contributed by atoms with E-state index in [0.717, 1.165) is 29.0 Å². The Kier molecular flexibility index (Phi) is 3.47. The van der Waals surface area contributed by atoms with E-state index in [4.69, 9.17) is 5.26 Å². The minimum absolute atomic E-state index is 0.514. The molecule has 0 fully saturated rings. The first-order valence-corrected chi connectivity index (χ1v) is 5.92. The van der Waals surface area contributed by atoms with E-state index < -0.39 is 0 Å². The number of hydrogen-bond donors (Lipinski definition) is 1. The molecule has 1 aromatic heterocycles. The largest absolute Gasteiger partial charge is 0.327 e. The first-order chi connectivity index (χ1) is 7.86. The number of rotatable bonds is 4. The first kappa shape index (κ1) is 11.0. The average molecular weight is 231 g/mol. The highest BCUT2D eigenvalue weighted by Gasteiger charge is 2.08. The summed E-state index contributed by atoms with van der Waals surface area (Å²) >= 11 is 4.23. The Balaban J connectivity index is 2.47. The molecular weight excluding hydrogens is 218 g/mol. The van der Waals surface area contributed by atoms with Gasteiger partial charge in [-0.2, -0.15) is 17.9 Å². The van der Waals surface area contributed by atoms with E-state index in [2.05, 4.69) is 28.2 Å². The van der Waals surface area contributed by atoms with Crippen LogP contribution in [0.3, 0.4) is 0 Å². The van der Waals surface area contributed by atoms with Gasteiger partial charge in [0, 0.05) is 13.0 Å². The topological polar surface area (TPSA) is 41.6 Å². The third-order valence-corrected chi connectivity index (χ3v) is 2.74. The molecule has 2 rings (SSSR count). The molecule has 0 aliphatic carbocycles. The van der Waals surface area contributed by atoms with Gasteiger partial charge in [-0.3, -0.25) is 0 Å². The summed E-state index contributed by atoms with van der Waals surface area (Å²) in [4.78, 5) is 4.56. The van der Waals surface area contributed by atoms with E-state index in [0.29, 0.717) is 13.0 Å². The van der Waals surface area contributed by atoms with E-state index in [-0.39, 0.29) is 0 Å². The summed E-state index contributed by atoms with van der Waals surface area (Å²) in [6, 6.07) is 10.2. The number of imidazole rings is 1. The Hall–Kier alpha value is -1.47. The molecular formula is C12H13N3S. The van der Waals surface area contributed by atoms with Crippen molar-refractivity contribution < 1.29 is 0 Å². The fraction of sp³-hybridized carbons (Fsp3) is 0.333. The van der Waals surface area contributed by atoms with E-state index in [1.807, 2.05) is 24.3 Å². The van der Waals surface area contributed by atoms with Gasteiger partial charge in [-0.1, -0.05) is 12.1 Å². The third kappa shape index (κ3) is 2.05. The van der Waals surface area contributed by atoms with Crippen LogP contribution in [0.15, 0.2) is 24.3 Å². The highest BCUT2D eigenvalue weighted by Crippen LogP contribution is 2.17. The van der Waals surface area contributed by atoms with Gasteiger partial charge in [0.1, 0.15) is 5.82 Å². The second-order valence-electron chi connectivity index (χ2n) is 3.55. The maximum Gasteiger partial charge on any atom is 0.110 e. The fourth-order valence-electron chi connectivity index (χ4n) is 1.83. The second kappa shape index (κ2) is 5.04. The van der Waals surface area contributed by atoms with Crippen LogP contribution in [0, 0.1) is 11.3 Å². The van der Waals surface area contributed by atoms with Crippen molar-refractivity contribution in [2.24, 2.45) is 0 Å². The van der Waals surface area contributed by atoms with Crippen LogP contribution in [-0.2, 0) is 13.0 Å². The maximum atomic E-state index is 8.66. The zero-order valence-corrected chi connectivity index (χ0v) is 9.82. The quantitative estimate of drug-likeness (QED) is 0.821. The molecule has 0 radical (unpaired) electrons. The van der Waals surface area contributed by atoms with Crippen molar-refractivity contribution in [2.75, 3.05) is 5.75 Å². The van der Waals surface area contributed by atoms with Crippen LogP contribution in [0.5, 0.6) is 0 Å². The van der Waals surface area contributed by atoms with E-state index in [1.165, 1.54) is 0 Å². The van der Waals surface area contributed by atoms with Gasteiger partial charge in [0.25, 0.3) is 0 Å². The summed E-state index contributed by atoms with van der Waals surface area (Å²) in [6.45, 7) is 0.708. The van der Waals surface area contributed by atoms with E-state index >= 15 is 0 Å². The molecule has 0 unspecified atom stereocenters. The van der Waals surface area contributed by atoms with Crippen LogP contribution >= 0.6 is 12.6 Å². The number of fused-ring (bicyclic) bond motifs is 1. The molecule has 0 spiro atoms. The molecule has 0 N–H and O–H groups in total. The lowest BCUT2D eigenvalue weighted by molar-refractivity contribution is 0.691. The lowest BCUT2D eigenvalue weighted by Gasteiger charge is -2.05. The van der Waals surface area contributed by atoms with Gasteiger partial charge in [0.15, 0.2) is 0 Å². The van der Waals surface area contributed by atoms with Crippen molar-refractivity contribution in [3.63, 3.8) is 0 Å². The SMILES string of the molecule is N#CCCn1c(CCS)nc2ccccc21. The number of para-hydroxylation sites is 2. The predicted octanol–water partition coefficient (Wildman–Crippen LogP) is 2.42. The summed E-state index contributed by atoms with van der Waals surface area (Å²) < 4.78 is 2.12. The van der Waals surface area contributed by atoms with Crippen molar-refractivity contribution in [1.82, 2.24) is 9.55 Å². The standard InChI is InChI=1S/C12H13N3S/c13-7-3-8-15-11-5-2-1-4-10(11)14-12(15)6-9-16/h1-2,4-5,16H,3,6,8-9H2. The molecule has 0 saturated heterocycles. The Morgan fingerprint density at radius 2 is 2.19 bits per heavy atom. The van der Waals surface area contributed by atoms with Gasteiger partial charge in [-0.25, -0.2) is 4.98 Å². The monoisotopic (exact) mass is 231 g/mol. The van der Waals surface area contributed by atoms with Crippen LogP contribution in [0.4, 0.5) is 0 Å². The van der Waals surface area contributed by atoms with Crippen molar-refractivity contribution in [2.45, 2.75) is 19.4 Å². The molecule has 2 aromatic rings. The van der Waals surface area contributed by atoms with E-state index in [9.17, 15) is 0 Å². The fourth-order valence-corrected chi connectivity index (χ4v) is 2.03. The summed E-state index contributed by atoms with van der Waals surface area (Å²) in [5, 5.41) is 8.66. The predicted molar refractivity (Wildman–Crippen MR) is 67.5 cm³/mol. The lowest BCUT2D eigenvalue weighted by atomic mass is 10.3. The highest BCUT2D eigenvalue weighted by atomic mass is 32.1. The number of hydrogen-bond acceptors (Lipinski definition) is 3. The number of aryl methyl sites for hydroxylation is 2. The van der Waals surface area contributed by atoms with Crippen LogP contribution < -0.4 is 0 Å². The molecule has 0 aliphatic rings. The molecule has 4 heteroatoms. The van der Waals surface area contributed by atoms with Crippen molar-refractivity contribution in [3.8, 4) is 6.07 Å². The van der Waals surface area contributed by atoms with Crippen molar-refractivity contribution in [1.29, 1.82) is 5.26 Å². The Morgan fingerprint density at radius 3 is 2.94 bits per heavy atom. The number of aromatic nitrogens is 2. The highest BCUT2D eigenvalue weighted by molar-refractivity contribution is 7.80. The van der Waals surface area contributed by atoms with Crippen LogP contribution in [0.2, 0.25) is 0 Å². The molecule has 0 amide bonds. The van der Waals surface area contributed by atoms with Crippen LogP contribution in [0.1, 0.15) is 12.2 Å². The van der Waals surface area contributed by atoms with E-state index in [1.54, 1.807) is 0 Å². The zero-order valence-electron chi connectivity index (χ0n) is 8.93. The summed E-state index contributed by atoms with van der Waals surface area (Å²) in [5.41, 5.74) is 2.10. The molecule has 0 aliphatic heterocycles. The molecule has 82 valence electrons. The molecule has 1 aromatic carbocycles. The van der Waals surface area contributed by atoms with Gasteiger partial charge in [0.2, 0.25) is 0 Å². The molecule has 0 atom stereocenters. The number of thiol groups is 1. The molecule has 3 nitrogen and oxygen atoms in total. The third-order valence-electron chi connectivity index (χ3n) is 2.52. The first-order valence-electron chi connectivity index (χ1n) is 5.28. The molecule has 1 heterocycles. The zero-order chi connectivity index (χ0) is 11.4. The second-order valence-corrected chi connectivity index (χ2v) is 4.00. The maximum absolute atomic E-state index is 8.66. The number of nitriles is 1. The normalized spacial score (nSPS) is 10.5. The molecule has 0 bridgehead atoms. The number of benzene rings is 1. The van der Waals surface area contributed by atoms with Gasteiger partial charge in [-0.05, 0) is 17.9 Å². The van der Waals surface area contributed by atoms with Gasteiger partial charge in [0.05, 0.1) is 23.5 Å². The molecule has 0 saturated carbocycles. The van der Waals surface area contributed by atoms with Gasteiger partial charge in [-0.15, -0.1) is 0 Å². The lowest BCUT2D eigenvalue weighted by Crippen LogP contribution is -2.04. The summed E-state index contributed by atoms with van der Waals surface area (Å²) in [7, 11) is 0. The Bertz CT molecular complexity index is 525. The Morgan fingerprint density at radius 1 is 1.38 bits per heavy atom. The molecule has 16 heavy (non-hydrogen) atoms. The minimum Gasteiger partial charge on any atom is -0.327 e. The smallest absolute Gasteiger partial charge is 0.110 e. The van der Waals surface area contributed by atoms with Gasteiger partial charge < -0.3 is 4.57 Å². The van der Waals surface area contributed by atoms with Crippen LogP contribution in [0.25, 0.3) is 11.0 Å². The summed E-state index contributed by atoms with van der Waals surface area (Å²) in [5.74, 6) is 1.79. The number of nitrogens with zero attached hydrogens (tertiary/aromatic N) is 3. The van der Waals surface area contributed by atoms with Crippen molar-refractivity contribution in [3.05, 3.63) is 30.1 Å². The van der Waals surface area contributed by atoms with Gasteiger partial charge >= 0.3 is 0 Å². The summed E-state index contributed by atoms with van der Waals surface area (Å²) in [6.07, 6.45) is 1.35. The Labute approximate surface area is 100 Å². The average Bonchev–Trinajstić information content (AvgIpc) is 2.65. The van der Waals surface area contributed by atoms with Crippen molar-refractivity contribution >= 4 is 23.7 Å². The van der Waals surface area contributed by atoms with Crippen LogP contribution in [-0.4, -0.2) is 15.3 Å². The minimum atomic E-state index is 0.514.